The molecule has 3 rings (SSSR count). The van der Waals surface area contributed by atoms with Crippen LogP contribution in [0.3, 0.4) is 0 Å². The van der Waals surface area contributed by atoms with Gasteiger partial charge < -0.3 is 15.2 Å². The van der Waals surface area contributed by atoms with E-state index in [0.717, 1.165) is 12.0 Å². The predicted octanol–water partition coefficient (Wildman–Crippen LogP) is 2.57. The van der Waals surface area contributed by atoms with E-state index >= 15 is 0 Å². The number of nitrogens with one attached hydrogen (secondary N) is 1. The molecule has 23 heavy (non-hydrogen) atoms. The van der Waals surface area contributed by atoms with E-state index in [1.165, 1.54) is 6.07 Å². The molecule has 0 saturated carbocycles. The molecule has 1 aliphatic rings. The van der Waals surface area contributed by atoms with E-state index in [1.54, 1.807) is 12.1 Å². The average molecular weight is 311 g/mol. The summed E-state index contributed by atoms with van der Waals surface area (Å²) in [6, 6.07) is 14.1. The van der Waals surface area contributed by atoms with Crippen molar-refractivity contribution in [2.24, 2.45) is 0 Å². The van der Waals surface area contributed by atoms with E-state index < -0.39 is 5.97 Å². The molecule has 1 heterocycles. The van der Waals surface area contributed by atoms with Crippen LogP contribution in [0.4, 0.5) is 0 Å². The van der Waals surface area contributed by atoms with Crippen molar-refractivity contribution in [3.63, 3.8) is 0 Å². The standard InChI is InChI=1S/C18H17NO4/c20-17(19-16-6-7-23-11-16)14-8-13(9-15(10-14)18(21)22)12-4-2-1-3-5-12/h1-5,8-10,16H,6-7,11H2,(H,19,20)(H,21,22). The van der Waals surface area contributed by atoms with Crippen molar-refractivity contribution < 1.29 is 19.4 Å². The molecular weight excluding hydrogens is 294 g/mol. The molecule has 0 aliphatic carbocycles. The highest BCUT2D eigenvalue weighted by molar-refractivity contribution is 5.99. The van der Waals surface area contributed by atoms with Gasteiger partial charge in [0.2, 0.25) is 0 Å². The third kappa shape index (κ3) is 3.57. The van der Waals surface area contributed by atoms with Gasteiger partial charge in [0.15, 0.2) is 0 Å². The largest absolute Gasteiger partial charge is 0.478 e. The smallest absolute Gasteiger partial charge is 0.335 e. The van der Waals surface area contributed by atoms with E-state index in [9.17, 15) is 14.7 Å². The van der Waals surface area contributed by atoms with Crippen molar-refractivity contribution in [2.75, 3.05) is 13.2 Å². The van der Waals surface area contributed by atoms with Gasteiger partial charge >= 0.3 is 5.97 Å². The van der Waals surface area contributed by atoms with Gasteiger partial charge in [0.1, 0.15) is 0 Å². The summed E-state index contributed by atoms with van der Waals surface area (Å²) in [6.07, 6.45) is 0.774. The van der Waals surface area contributed by atoms with Gasteiger partial charge in [-0.15, -0.1) is 0 Å². The minimum absolute atomic E-state index is 0.0174. The molecule has 118 valence electrons. The summed E-state index contributed by atoms with van der Waals surface area (Å²) in [7, 11) is 0. The second-order valence-electron chi connectivity index (χ2n) is 5.50. The zero-order valence-corrected chi connectivity index (χ0v) is 12.5. The summed E-state index contributed by atoms with van der Waals surface area (Å²) in [4.78, 5) is 23.8. The highest BCUT2D eigenvalue weighted by Crippen LogP contribution is 2.23. The molecule has 5 heteroatoms. The Morgan fingerprint density at radius 2 is 1.78 bits per heavy atom. The second kappa shape index (κ2) is 6.62. The summed E-state index contributed by atoms with van der Waals surface area (Å²) in [5.41, 5.74) is 2.02. The molecule has 0 bridgehead atoms. The molecule has 1 aliphatic heterocycles. The molecule has 2 N–H and O–H groups in total. The molecule has 2 aromatic rings. The first-order chi connectivity index (χ1) is 11.1. The van der Waals surface area contributed by atoms with Crippen molar-refractivity contribution >= 4 is 11.9 Å². The fourth-order valence-corrected chi connectivity index (χ4v) is 2.60. The maximum Gasteiger partial charge on any atom is 0.335 e. The van der Waals surface area contributed by atoms with E-state index in [2.05, 4.69) is 5.32 Å². The number of carbonyl (C=O) groups excluding carboxylic acids is 1. The topological polar surface area (TPSA) is 75.6 Å². The van der Waals surface area contributed by atoms with Crippen LogP contribution in [0.1, 0.15) is 27.1 Å². The molecule has 1 fully saturated rings. The van der Waals surface area contributed by atoms with Crippen molar-refractivity contribution in [1.29, 1.82) is 0 Å². The predicted molar refractivity (Wildman–Crippen MR) is 85.5 cm³/mol. The summed E-state index contributed by atoms with van der Waals surface area (Å²) in [5, 5.41) is 12.2. The SMILES string of the molecule is O=C(O)c1cc(C(=O)NC2CCOC2)cc(-c2ccccc2)c1. The molecular formula is C18H17NO4. The van der Waals surface area contributed by atoms with Gasteiger partial charge in [-0.25, -0.2) is 4.79 Å². The van der Waals surface area contributed by atoms with Crippen LogP contribution in [0.2, 0.25) is 0 Å². The van der Waals surface area contributed by atoms with E-state index in [4.69, 9.17) is 4.74 Å². The summed E-state index contributed by atoms with van der Waals surface area (Å²) >= 11 is 0. The second-order valence-corrected chi connectivity index (χ2v) is 5.50. The fraction of sp³-hybridized carbons (Fsp3) is 0.222. The van der Waals surface area contributed by atoms with Gasteiger partial charge in [0, 0.05) is 12.2 Å². The molecule has 0 radical (unpaired) electrons. The van der Waals surface area contributed by atoms with E-state index in [-0.39, 0.29) is 17.5 Å². The lowest BCUT2D eigenvalue weighted by atomic mass is 9.99. The minimum atomic E-state index is -1.05. The first-order valence-electron chi connectivity index (χ1n) is 7.46. The number of carbonyl (C=O) groups is 2. The Morgan fingerprint density at radius 3 is 2.43 bits per heavy atom. The van der Waals surface area contributed by atoms with Gasteiger partial charge in [-0.3, -0.25) is 4.79 Å². The average Bonchev–Trinajstić information content (AvgIpc) is 3.08. The fourth-order valence-electron chi connectivity index (χ4n) is 2.60. The lowest BCUT2D eigenvalue weighted by Crippen LogP contribution is -2.35. The summed E-state index contributed by atoms with van der Waals surface area (Å²) < 4.78 is 5.24. The number of carboxylic acid groups (broad SMARTS) is 1. The summed E-state index contributed by atoms with van der Waals surface area (Å²) in [6.45, 7) is 1.13. The van der Waals surface area contributed by atoms with Crippen molar-refractivity contribution in [2.45, 2.75) is 12.5 Å². The Bertz CT molecular complexity index is 721. The van der Waals surface area contributed by atoms with Crippen LogP contribution in [0.5, 0.6) is 0 Å². The molecule has 5 nitrogen and oxygen atoms in total. The molecule has 2 aromatic carbocycles. The Morgan fingerprint density at radius 1 is 1.04 bits per heavy atom. The lowest BCUT2D eigenvalue weighted by Gasteiger charge is -2.12. The van der Waals surface area contributed by atoms with Crippen LogP contribution in [-0.4, -0.2) is 36.2 Å². The maximum absolute atomic E-state index is 12.4. The number of aromatic carboxylic acids is 1. The van der Waals surface area contributed by atoms with E-state index in [1.807, 2.05) is 30.3 Å². The number of ether oxygens (including phenoxy) is 1. The van der Waals surface area contributed by atoms with Crippen molar-refractivity contribution in [1.82, 2.24) is 5.32 Å². The monoisotopic (exact) mass is 311 g/mol. The number of hydrogen-bond donors (Lipinski definition) is 2. The molecule has 1 atom stereocenters. The maximum atomic E-state index is 12.4. The highest BCUT2D eigenvalue weighted by Gasteiger charge is 2.20. The quantitative estimate of drug-likeness (QED) is 0.910. The van der Waals surface area contributed by atoms with Gasteiger partial charge in [0.25, 0.3) is 5.91 Å². The summed E-state index contributed by atoms with van der Waals surface area (Å²) in [5.74, 6) is -1.33. The molecule has 1 unspecified atom stereocenters. The first kappa shape index (κ1) is 15.2. The number of amides is 1. The Labute approximate surface area is 133 Å². The lowest BCUT2D eigenvalue weighted by molar-refractivity contribution is 0.0697. The normalized spacial score (nSPS) is 17.0. The Balaban J connectivity index is 1.94. The Kier molecular flexibility index (Phi) is 4.39. The third-order valence-electron chi connectivity index (χ3n) is 3.81. The van der Waals surface area contributed by atoms with Gasteiger partial charge in [-0.05, 0) is 35.7 Å². The first-order valence-corrected chi connectivity index (χ1v) is 7.46. The Hall–Kier alpha value is -2.66. The van der Waals surface area contributed by atoms with Crippen LogP contribution in [0.25, 0.3) is 11.1 Å². The zero-order valence-electron chi connectivity index (χ0n) is 12.5. The van der Waals surface area contributed by atoms with Gasteiger partial charge in [0.05, 0.1) is 18.2 Å². The van der Waals surface area contributed by atoms with Gasteiger partial charge in [-0.1, -0.05) is 30.3 Å². The van der Waals surface area contributed by atoms with Crippen LogP contribution in [0, 0.1) is 0 Å². The zero-order chi connectivity index (χ0) is 16.2. The molecule has 0 spiro atoms. The van der Waals surface area contributed by atoms with Crippen LogP contribution in [0.15, 0.2) is 48.5 Å². The number of rotatable bonds is 4. The molecule has 0 aromatic heterocycles. The highest BCUT2D eigenvalue weighted by atomic mass is 16.5. The van der Waals surface area contributed by atoms with Crippen LogP contribution < -0.4 is 5.32 Å². The van der Waals surface area contributed by atoms with Crippen molar-refractivity contribution in [3.8, 4) is 11.1 Å². The number of hydrogen-bond acceptors (Lipinski definition) is 3. The van der Waals surface area contributed by atoms with E-state index in [0.29, 0.717) is 24.3 Å². The minimum Gasteiger partial charge on any atom is -0.478 e. The molecule has 1 amide bonds. The molecule has 1 saturated heterocycles. The van der Waals surface area contributed by atoms with Gasteiger partial charge in [-0.2, -0.15) is 0 Å². The van der Waals surface area contributed by atoms with Crippen LogP contribution >= 0.6 is 0 Å². The number of benzene rings is 2. The van der Waals surface area contributed by atoms with Crippen molar-refractivity contribution in [3.05, 3.63) is 59.7 Å². The van der Waals surface area contributed by atoms with Crippen LogP contribution in [-0.2, 0) is 4.74 Å². The third-order valence-corrected chi connectivity index (χ3v) is 3.81. The number of carboxylic acids is 1.